The Morgan fingerprint density at radius 3 is 2.88 bits per heavy atom. The van der Waals surface area contributed by atoms with Gasteiger partial charge >= 0.3 is 0 Å². The average Bonchev–Trinajstić information content (AvgIpc) is 3.23. The smallest absolute Gasteiger partial charge is 0.287 e. The summed E-state index contributed by atoms with van der Waals surface area (Å²) < 4.78 is 11.1. The summed E-state index contributed by atoms with van der Waals surface area (Å²) in [7, 11) is 1.59. The van der Waals surface area contributed by atoms with Gasteiger partial charge in [-0.05, 0) is 37.3 Å². The molecule has 1 aromatic carbocycles. The number of rotatable bonds is 5. The molecule has 124 valence electrons. The lowest BCUT2D eigenvalue weighted by atomic mass is 10.3. The summed E-state index contributed by atoms with van der Waals surface area (Å²) in [4.78, 5) is 28.4. The maximum Gasteiger partial charge on any atom is 0.287 e. The van der Waals surface area contributed by atoms with Crippen LogP contribution in [0.1, 0.15) is 17.5 Å². The molecule has 1 unspecified atom stereocenters. The molecular weight excluding hydrogens is 330 g/mol. The Morgan fingerprint density at radius 2 is 2.17 bits per heavy atom. The van der Waals surface area contributed by atoms with E-state index in [4.69, 9.17) is 9.15 Å². The molecule has 2 aromatic heterocycles. The van der Waals surface area contributed by atoms with Crippen LogP contribution in [0.15, 0.2) is 41.0 Å². The molecule has 0 aliphatic carbocycles. The molecule has 0 bridgehead atoms. The number of amides is 2. The molecule has 2 amide bonds. The molecule has 2 heterocycles. The first-order valence-corrected chi connectivity index (χ1v) is 7.98. The molecule has 0 saturated heterocycles. The van der Waals surface area contributed by atoms with Crippen LogP contribution in [-0.2, 0) is 4.79 Å². The van der Waals surface area contributed by atoms with Gasteiger partial charge in [-0.1, -0.05) is 11.3 Å². The molecule has 8 heteroatoms. The van der Waals surface area contributed by atoms with Gasteiger partial charge in [0.2, 0.25) is 5.91 Å². The van der Waals surface area contributed by atoms with Gasteiger partial charge < -0.3 is 19.8 Å². The van der Waals surface area contributed by atoms with Crippen molar-refractivity contribution in [1.82, 2.24) is 10.3 Å². The van der Waals surface area contributed by atoms with E-state index < -0.39 is 11.9 Å². The molecule has 2 N–H and O–H groups in total. The average molecular weight is 345 g/mol. The lowest BCUT2D eigenvalue weighted by molar-refractivity contribution is -0.117. The van der Waals surface area contributed by atoms with Gasteiger partial charge in [-0.25, -0.2) is 4.98 Å². The quantitative estimate of drug-likeness (QED) is 0.741. The Hall–Kier alpha value is -2.87. The zero-order chi connectivity index (χ0) is 17.1. The Balaban J connectivity index is 1.66. The first-order chi connectivity index (χ1) is 11.6. The van der Waals surface area contributed by atoms with Crippen molar-refractivity contribution in [3.05, 3.63) is 42.4 Å². The van der Waals surface area contributed by atoms with Crippen LogP contribution in [0, 0.1) is 0 Å². The van der Waals surface area contributed by atoms with Gasteiger partial charge in [0.05, 0.1) is 23.6 Å². The number of carbonyl (C=O) groups excluding carboxylic acids is 2. The second-order valence-corrected chi connectivity index (χ2v) is 6.05. The predicted octanol–water partition coefficient (Wildman–Crippen LogP) is 2.65. The summed E-state index contributed by atoms with van der Waals surface area (Å²) in [5, 5.41) is 5.73. The van der Waals surface area contributed by atoms with Gasteiger partial charge in [-0.3, -0.25) is 9.59 Å². The molecule has 0 aliphatic heterocycles. The summed E-state index contributed by atoms with van der Waals surface area (Å²) in [6.45, 7) is 1.59. The second-order valence-electron chi connectivity index (χ2n) is 5.01. The number of thiazole rings is 1. The van der Waals surface area contributed by atoms with E-state index in [1.165, 1.54) is 23.7 Å². The molecule has 3 rings (SSSR count). The van der Waals surface area contributed by atoms with Gasteiger partial charge in [0.1, 0.15) is 11.8 Å². The lowest BCUT2D eigenvalue weighted by Crippen LogP contribution is -2.41. The zero-order valence-corrected chi connectivity index (χ0v) is 13.8. The fourth-order valence-electron chi connectivity index (χ4n) is 2.04. The highest BCUT2D eigenvalue weighted by molar-refractivity contribution is 7.22. The van der Waals surface area contributed by atoms with Gasteiger partial charge in [0.15, 0.2) is 10.9 Å². The SMILES string of the molecule is COc1ccc2nc(NC(=O)C(C)NC(=O)c3ccco3)sc2c1. The minimum Gasteiger partial charge on any atom is -0.497 e. The van der Waals surface area contributed by atoms with Crippen molar-refractivity contribution in [1.29, 1.82) is 0 Å². The van der Waals surface area contributed by atoms with Crippen LogP contribution in [0.3, 0.4) is 0 Å². The summed E-state index contributed by atoms with van der Waals surface area (Å²) in [5.41, 5.74) is 0.767. The Labute approximate surface area is 141 Å². The van der Waals surface area contributed by atoms with Crippen LogP contribution in [-0.4, -0.2) is 29.9 Å². The number of methoxy groups -OCH3 is 1. The predicted molar refractivity (Wildman–Crippen MR) is 90.4 cm³/mol. The largest absolute Gasteiger partial charge is 0.497 e. The number of nitrogens with zero attached hydrogens (tertiary/aromatic N) is 1. The van der Waals surface area contributed by atoms with Crippen LogP contribution in [0.5, 0.6) is 5.75 Å². The normalized spacial score (nSPS) is 11.9. The summed E-state index contributed by atoms with van der Waals surface area (Å²) in [6, 6.07) is 7.88. The minimum absolute atomic E-state index is 0.154. The topological polar surface area (TPSA) is 93.5 Å². The molecule has 0 saturated carbocycles. The molecule has 24 heavy (non-hydrogen) atoms. The molecular formula is C16H15N3O4S. The van der Waals surface area contributed by atoms with Crippen LogP contribution < -0.4 is 15.4 Å². The molecule has 7 nitrogen and oxygen atoms in total. The first kappa shape index (κ1) is 16.0. The highest BCUT2D eigenvalue weighted by atomic mass is 32.1. The van der Waals surface area contributed by atoms with E-state index in [9.17, 15) is 9.59 Å². The van der Waals surface area contributed by atoms with Gasteiger partial charge in [0, 0.05) is 0 Å². The van der Waals surface area contributed by atoms with Crippen LogP contribution in [0.4, 0.5) is 5.13 Å². The highest BCUT2D eigenvalue weighted by Crippen LogP contribution is 2.29. The number of ether oxygens (including phenoxy) is 1. The van der Waals surface area contributed by atoms with E-state index in [2.05, 4.69) is 15.6 Å². The maximum atomic E-state index is 12.2. The number of hydrogen-bond donors (Lipinski definition) is 2. The summed E-state index contributed by atoms with van der Waals surface area (Å²) >= 11 is 1.33. The zero-order valence-electron chi connectivity index (χ0n) is 13.0. The van der Waals surface area contributed by atoms with Crippen LogP contribution in [0.25, 0.3) is 10.2 Å². The van der Waals surface area contributed by atoms with E-state index >= 15 is 0 Å². The third-order valence-electron chi connectivity index (χ3n) is 3.31. The first-order valence-electron chi connectivity index (χ1n) is 7.16. The van der Waals surface area contributed by atoms with Gasteiger partial charge in [0.25, 0.3) is 5.91 Å². The van der Waals surface area contributed by atoms with Crippen molar-refractivity contribution in [3.63, 3.8) is 0 Å². The van der Waals surface area contributed by atoms with Gasteiger partial charge in [-0.15, -0.1) is 0 Å². The fraction of sp³-hybridized carbons (Fsp3) is 0.188. The van der Waals surface area contributed by atoms with Crippen LogP contribution in [0.2, 0.25) is 0 Å². The Bertz CT molecular complexity index is 873. The van der Waals surface area contributed by atoms with Crippen molar-refractivity contribution in [2.45, 2.75) is 13.0 Å². The Morgan fingerprint density at radius 1 is 1.33 bits per heavy atom. The van der Waals surface area contributed by atoms with Crippen molar-refractivity contribution in [2.75, 3.05) is 12.4 Å². The fourth-order valence-corrected chi connectivity index (χ4v) is 2.94. The number of hydrogen-bond acceptors (Lipinski definition) is 6. The van der Waals surface area contributed by atoms with Crippen molar-refractivity contribution in [3.8, 4) is 5.75 Å². The number of carbonyl (C=O) groups is 2. The molecule has 3 aromatic rings. The third-order valence-corrected chi connectivity index (χ3v) is 4.25. The van der Waals surface area contributed by atoms with Crippen molar-refractivity contribution < 1.29 is 18.7 Å². The highest BCUT2D eigenvalue weighted by Gasteiger charge is 2.19. The monoisotopic (exact) mass is 345 g/mol. The Kier molecular flexibility index (Phi) is 4.48. The van der Waals surface area contributed by atoms with E-state index in [1.54, 1.807) is 26.2 Å². The molecule has 0 radical (unpaired) electrons. The van der Waals surface area contributed by atoms with Crippen molar-refractivity contribution in [2.24, 2.45) is 0 Å². The van der Waals surface area contributed by atoms with Gasteiger partial charge in [-0.2, -0.15) is 0 Å². The lowest BCUT2D eigenvalue weighted by Gasteiger charge is -2.11. The third kappa shape index (κ3) is 3.38. The second kappa shape index (κ2) is 6.71. The standard InChI is InChI=1S/C16H15N3O4S/c1-9(17-15(21)12-4-3-7-23-12)14(20)19-16-18-11-6-5-10(22-2)8-13(11)24-16/h3-9H,1-2H3,(H,17,21)(H,18,19,20). The van der Waals surface area contributed by atoms with Crippen LogP contribution >= 0.6 is 11.3 Å². The maximum absolute atomic E-state index is 12.2. The van der Waals surface area contributed by atoms with E-state index in [1.807, 2.05) is 12.1 Å². The minimum atomic E-state index is -0.732. The molecule has 0 aliphatic rings. The van der Waals surface area contributed by atoms with E-state index in [0.29, 0.717) is 5.13 Å². The van der Waals surface area contributed by atoms with Crippen molar-refractivity contribution >= 4 is 38.5 Å². The molecule has 0 fully saturated rings. The number of anilines is 1. The number of aromatic nitrogens is 1. The van der Waals surface area contributed by atoms with E-state index in [0.717, 1.165) is 16.0 Å². The number of benzene rings is 1. The summed E-state index contributed by atoms with van der Waals surface area (Å²) in [5.74, 6) is 0.0717. The number of fused-ring (bicyclic) bond motifs is 1. The molecule has 1 atom stereocenters. The molecule has 0 spiro atoms. The number of nitrogens with one attached hydrogen (secondary N) is 2. The summed E-state index contributed by atoms with van der Waals surface area (Å²) in [6.07, 6.45) is 1.40. The van der Waals surface area contributed by atoms with E-state index in [-0.39, 0.29) is 11.7 Å². The number of furan rings is 1.